The molecular formula is C60H38N4S. The van der Waals surface area contributed by atoms with Gasteiger partial charge in [0.25, 0.3) is 0 Å². The van der Waals surface area contributed by atoms with Gasteiger partial charge in [-0.15, -0.1) is 11.3 Å². The maximum Gasteiger partial charge on any atom is 0.164 e. The second-order valence-electron chi connectivity index (χ2n) is 16.7. The highest BCUT2D eigenvalue weighted by atomic mass is 32.1. The predicted molar refractivity (Wildman–Crippen MR) is 269 cm³/mol. The summed E-state index contributed by atoms with van der Waals surface area (Å²) in [6.45, 7) is 0. The minimum Gasteiger partial charge on any atom is -0.309 e. The van der Waals surface area contributed by atoms with Crippen molar-refractivity contribution in [3.05, 3.63) is 253 Å². The summed E-state index contributed by atoms with van der Waals surface area (Å²) in [5.41, 5.74) is 14.0. The molecule has 13 rings (SSSR count). The third-order valence-corrected chi connectivity index (χ3v) is 14.3. The van der Waals surface area contributed by atoms with Gasteiger partial charge in [0.1, 0.15) is 0 Å². The summed E-state index contributed by atoms with van der Waals surface area (Å²) in [5, 5.41) is 3.58. The Balaban J connectivity index is 1.04. The van der Waals surface area contributed by atoms with Gasteiger partial charge >= 0.3 is 0 Å². The van der Waals surface area contributed by atoms with E-state index in [-0.39, 0.29) is 0 Å². The average Bonchev–Trinajstić information content (AvgIpc) is 4.06. The van der Waals surface area contributed by atoms with Crippen LogP contribution in [-0.2, 0) is 5.41 Å². The molecule has 3 heterocycles. The van der Waals surface area contributed by atoms with Crippen LogP contribution >= 0.6 is 11.3 Å². The van der Waals surface area contributed by atoms with Crippen molar-refractivity contribution in [1.82, 2.24) is 19.5 Å². The van der Waals surface area contributed by atoms with E-state index in [0.717, 1.165) is 44.4 Å². The molecule has 0 saturated heterocycles. The first-order valence-electron chi connectivity index (χ1n) is 22.0. The Kier molecular flexibility index (Phi) is 8.58. The topological polar surface area (TPSA) is 43.6 Å². The maximum atomic E-state index is 5.46. The molecule has 0 bridgehead atoms. The van der Waals surface area contributed by atoms with Crippen molar-refractivity contribution in [3.8, 4) is 61.4 Å². The quantitative estimate of drug-likeness (QED) is 0.160. The summed E-state index contributed by atoms with van der Waals surface area (Å²) in [5.74, 6) is 1.88. The van der Waals surface area contributed by atoms with Crippen molar-refractivity contribution in [1.29, 1.82) is 0 Å². The molecule has 304 valence electrons. The number of benzene rings is 9. The largest absolute Gasteiger partial charge is 0.309 e. The van der Waals surface area contributed by atoms with Gasteiger partial charge in [-0.25, -0.2) is 15.0 Å². The summed E-state index contributed by atoms with van der Waals surface area (Å²) in [7, 11) is 0. The highest BCUT2D eigenvalue weighted by Gasteiger charge is 2.47. The number of aromatic nitrogens is 4. The van der Waals surface area contributed by atoms with Gasteiger partial charge in [0, 0.05) is 42.7 Å². The maximum absolute atomic E-state index is 5.46. The lowest BCUT2D eigenvalue weighted by Crippen LogP contribution is -2.28. The predicted octanol–water partition coefficient (Wildman–Crippen LogP) is 15.2. The van der Waals surface area contributed by atoms with Gasteiger partial charge < -0.3 is 4.57 Å². The molecule has 4 nitrogen and oxygen atoms in total. The molecule has 0 saturated carbocycles. The zero-order valence-corrected chi connectivity index (χ0v) is 36.0. The number of thiophene rings is 1. The van der Waals surface area contributed by atoms with Crippen molar-refractivity contribution in [2.24, 2.45) is 0 Å². The third-order valence-electron chi connectivity index (χ3n) is 13.2. The highest BCUT2D eigenvalue weighted by Crippen LogP contribution is 2.58. The minimum atomic E-state index is -0.552. The molecule has 0 amide bonds. The van der Waals surface area contributed by atoms with E-state index in [4.69, 9.17) is 15.0 Å². The Labute approximate surface area is 380 Å². The van der Waals surface area contributed by atoms with Gasteiger partial charge in [0.15, 0.2) is 17.5 Å². The Hall–Kier alpha value is -8.25. The SMILES string of the molecule is c1ccc(-n2c3ccccc3c3cc(-c4nc(-c5ccc(-c6cc7ccccc7s6)cc5)nc(-c5cccc6c5-c5ccccc5C6(c5ccccc5)c5ccccc5)n4)ccc32)cc1. The molecule has 9 aromatic carbocycles. The van der Waals surface area contributed by atoms with E-state index >= 15 is 0 Å². The number of hydrogen-bond acceptors (Lipinski definition) is 4. The van der Waals surface area contributed by atoms with Gasteiger partial charge in [-0.05, 0) is 92.9 Å². The molecular weight excluding hydrogens is 809 g/mol. The summed E-state index contributed by atoms with van der Waals surface area (Å²) < 4.78 is 3.62. The number of nitrogens with zero attached hydrogens (tertiary/aromatic N) is 4. The first kappa shape index (κ1) is 37.3. The summed E-state index contributed by atoms with van der Waals surface area (Å²) in [6, 6.07) is 82.7. The lowest BCUT2D eigenvalue weighted by atomic mass is 9.67. The smallest absolute Gasteiger partial charge is 0.164 e. The Morgan fingerprint density at radius 1 is 0.385 bits per heavy atom. The van der Waals surface area contributed by atoms with Gasteiger partial charge in [0.05, 0.1) is 16.4 Å². The molecule has 12 aromatic rings. The molecule has 5 heteroatoms. The van der Waals surface area contributed by atoms with Crippen LogP contribution in [0.25, 0.3) is 93.3 Å². The fraction of sp³-hybridized carbons (Fsp3) is 0.0167. The van der Waals surface area contributed by atoms with Gasteiger partial charge in [0.2, 0.25) is 0 Å². The highest BCUT2D eigenvalue weighted by molar-refractivity contribution is 7.22. The average molecular weight is 847 g/mol. The Morgan fingerprint density at radius 3 is 1.72 bits per heavy atom. The molecule has 3 aromatic heterocycles. The van der Waals surface area contributed by atoms with Crippen molar-refractivity contribution >= 4 is 43.2 Å². The molecule has 0 aliphatic heterocycles. The van der Waals surface area contributed by atoms with E-state index in [2.05, 4.69) is 235 Å². The molecule has 65 heavy (non-hydrogen) atoms. The normalized spacial score (nSPS) is 12.7. The zero-order valence-electron chi connectivity index (χ0n) is 35.1. The second kappa shape index (κ2) is 14.9. The standard InChI is InChI=1S/C60H38N4S/c1-4-18-43(19-5-1)60(44-20-6-2-7-21-44)50-27-13-11-25-47(50)56-48(26-16-28-51(56)60)59-62-57(40-33-31-39(32-34-40)55-38-41-17-10-15-30-54(41)65-55)61-58(63-59)42-35-36-53-49(37-42)46-24-12-14-29-52(46)64(53)45-22-8-3-9-23-45/h1-38H. The molecule has 0 fully saturated rings. The van der Waals surface area contributed by atoms with Crippen LogP contribution in [0, 0.1) is 0 Å². The molecule has 0 unspecified atom stereocenters. The van der Waals surface area contributed by atoms with Crippen molar-refractivity contribution in [3.63, 3.8) is 0 Å². The van der Waals surface area contributed by atoms with Gasteiger partial charge in [-0.1, -0.05) is 182 Å². The van der Waals surface area contributed by atoms with E-state index in [1.807, 2.05) is 11.3 Å². The van der Waals surface area contributed by atoms with Gasteiger partial charge in [-0.3, -0.25) is 0 Å². The Morgan fingerprint density at radius 2 is 0.954 bits per heavy atom. The van der Waals surface area contributed by atoms with E-state index in [1.54, 1.807) is 0 Å². The van der Waals surface area contributed by atoms with E-state index in [1.165, 1.54) is 53.7 Å². The summed E-state index contributed by atoms with van der Waals surface area (Å²) in [4.78, 5) is 17.4. The number of fused-ring (bicyclic) bond motifs is 7. The van der Waals surface area contributed by atoms with Crippen LogP contribution in [0.15, 0.2) is 231 Å². The third kappa shape index (κ3) is 5.86. The molecule has 1 aliphatic rings. The molecule has 0 radical (unpaired) electrons. The van der Waals surface area contributed by atoms with E-state index in [9.17, 15) is 0 Å². The fourth-order valence-corrected chi connectivity index (χ4v) is 11.4. The first-order chi connectivity index (χ1) is 32.2. The summed E-state index contributed by atoms with van der Waals surface area (Å²) >= 11 is 1.81. The molecule has 0 atom stereocenters. The summed E-state index contributed by atoms with van der Waals surface area (Å²) in [6.07, 6.45) is 0. The second-order valence-corrected chi connectivity index (χ2v) is 17.8. The van der Waals surface area contributed by atoms with E-state index in [0.29, 0.717) is 17.5 Å². The van der Waals surface area contributed by atoms with Gasteiger partial charge in [-0.2, -0.15) is 0 Å². The van der Waals surface area contributed by atoms with Crippen LogP contribution < -0.4 is 0 Å². The molecule has 1 aliphatic carbocycles. The van der Waals surface area contributed by atoms with Crippen LogP contribution in [0.5, 0.6) is 0 Å². The zero-order chi connectivity index (χ0) is 42.9. The van der Waals surface area contributed by atoms with E-state index < -0.39 is 5.41 Å². The fourth-order valence-electron chi connectivity index (χ4n) is 10.3. The monoisotopic (exact) mass is 846 g/mol. The lowest BCUT2D eigenvalue weighted by molar-refractivity contribution is 0.768. The van der Waals surface area contributed by atoms with Crippen molar-refractivity contribution < 1.29 is 0 Å². The van der Waals surface area contributed by atoms with Crippen LogP contribution in [0.2, 0.25) is 0 Å². The van der Waals surface area contributed by atoms with Crippen LogP contribution in [0.4, 0.5) is 0 Å². The van der Waals surface area contributed by atoms with Crippen LogP contribution in [0.3, 0.4) is 0 Å². The molecule has 0 N–H and O–H groups in total. The Bertz CT molecular complexity index is 3690. The van der Waals surface area contributed by atoms with Crippen LogP contribution in [-0.4, -0.2) is 19.5 Å². The minimum absolute atomic E-state index is 0.552. The van der Waals surface area contributed by atoms with Crippen molar-refractivity contribution in [2.45, 2.75) is 5.41 Å². The van der Waals surface area contributed by atoms with Crippen molar-refractivity contribution in [2.75, 3.05) is 0 Å². The number of rotatable bonds is 7. The number of hydrogen-bond donors (Lipinski definition) is 0. The number of para-hydroxylation sites is 2. The first-order valence-corrected chi connectivity index (χ1v) is 22.8. The van der Waals surface area contributed by atoms with Crippen LogP contribution in [0.1, 0.15) is 22.3 Å². The lowest BCUT2D eigenvalue weighted by Gasteiger charge is -2.33. The molecule has 0 spiro atoms.